The van der Waals surface area contributed by atoms with Crippen LogP contribution in [0.25, 0.3) is 22.3 Å². The second-order valence-electron chi connectivity index (χ2n) is 9.93. The molecule has 0 heterocycles. The van der Waals surface area contributed by atoms with Crippen LogP contribution in [0, 0.1) is 0 Å². The van der Waals surface area contributed by atoms with Gasteiger partial charge in [0, 0.05) is 5.56 Å². The topological polar surface area (TPSA) is 158 Å². The Morgan fingerprint density at radius 2 is 1.30 bits per heavy atom. The van der Waals surface area contributed by atoms with Gasteiger partial charge in [0.15, 0.2) is 23.0 Å². The third-order valence-electron chi connectivity index (χ3n) is 6.23. The van der Waals surface area contributed by atoms with E-state index in [1.165, 1.54) is 38.5 Å². The fraction of sp³-hybridized carbons (Fsp3) is 0.310. The standard InChI is InChI=1S/C29H32O12S3/c1-36-26-18-23(19-11-14-22(15-12-19)39-42(3,30)31)28(37-2)29(41-44(5,34)35)27(26)20-13-16-24(25(17-20)40-43(4,32)33)38-21-9-7-6-8-10-21/h7,9,11-18,21H,6,8,10H2,1-5H3. The van der Waals surface area contributed by atoms with Crippen LogP contribution in [0.15, 0.2) is 60.7 Å². The molecule has 1 unspecified atom stereocenters. The smallest absolute Gasteiger partial charge is 0.306 e. The van der Waals surface area contributed by atoms with Crippen LogP contribution in [0.1, 0.15) is 19.3 Å². The normalized spacial score (nSPS) is 15.3. The summed E-state index contributed by atoms with van der Waals surface area (Å²) in [5.74, 6) is 0.0123. The zero-order valence-electron chi connectivity index (χ0n) is 24.6. The Morgan fingerprint density at radius 1 is 0.659 bits per heavy atom. The molecule has 0 amide bonds. The first-order valence-corrected chi connectivity index (χ1v) is 18.6. The van der Waals surface area contributed by atoms with E-state index in [-0.39, 0.29) is 51.7 Å². The average molecular weight is 669 g/mol. The lowest BCUT2D eigenvalue weighted by atomic mass is 9.96. The zero-order valence-corrected chi connectivity index (χ0v) is 27.0. The number of hydrogen-bond acceptors (Lipinski definition) is 12. The average Bonchev–Trinajstić information content (AvgIpc) is 2.92. The summed E-state index contributed by atoms with van der Waals surface area (Å²) in [5.41, 5.74) is 1.22. The van der Waals surface area contributed by atoms with Crippen molar-refractivity contribution in [2.75, 3.05) is 33.0 Å². The van der Waals surface area contributed by atoms with Gasteiger partial charge in [-0.25, -0.2) is 0 Å². The number of methoxy groups -OCH3 is 2. The van der Waals surface area contributed by atoms with Gasteiger partial charge in [0.05, 0.1) is 38.6 Å². The highest BCUT2D eigenvalue weighted by Gasteiger charge is 2.28. The molecule has 1 aliphatic rings. The highest BCUT2D eigenvalue weighted by molar-refractivity contribution is 7.86. The van der Waals surface area contributed by atoms with Crippen LogP contribution < -0.4 is 26.8 Å². The van der Waals surface area contributed by atoms with Crippen molar-refractivity contribution in [3.05, 3.63) is 60.7 Å². The van der Waals surface area contributed by atoms with E-state index in [0.717, 1.165) is 38.0 Å². The summed E-state index contributed by atoms with van der Waals surface area (Å²) in [4.78, 5) is 0. The minimum atomic E-state index is -4.14. The van der Waals surface area contributed by atoms with Crippen molar-refractivity contribution in [3.8, 4) is 56.8 Å². The molecule has 3 aromatic carbocycles. The van der Waals surface area contributed by atoms with Gasteiger partial charge >= 0.3 is 30.4 Å². The Balaban J connectivity index is 1.93. The van der Waals surface area contributed by atoms with Crippen LogP contribution in [0.5, 0.6) is 34.5 Å². The van der Waals surface area contributed by atoms with Crippen molar-refractivity contribution in [2.24, 2.45) is 0 Å². The van der Waals surface area contributed by atoms with Crippen LogP contribution in [-0.2, 0) is 30.4 Å². The molecule has 44 heavy (non-hydrogen) atoms. The van der Waals surface area contributed by atoms with Crippen LogP contribution in [0.3, 0.4) is 0 Å². The maximum atomic E-state index is 12.5. The van der Waals surface area contributed by atoms with Gasteiger partial charge in [0.2, 0.25) is 0 Å². The fourth-order valence-corrected chi connectivity index (χ4v) is 5.97. The summed E-state index contributed by atoms with van der Waals surface area (Å²) in [6, 6.07) is 12.0. The van der Waals surface area contributed by atoms with E-state index >= 15 is 0 Å². The highest BCUT2D eigenvalue weighted by atomic mass is 32.2. The molecule has 0 saturated heterocycles. The first-order chi connectivity index (χ1) is 20.6. The van der Waals surface area contributed by atoms with E-state index < -0.39 is 30.4 Å². The van der Waals surface area contributed by atoms with Crippen molar-refractivity contribution in [2.45, 2.75) is 25.4 Å². The molecule has 15 heteroatoms. The van der Waals surface area contributed by atoms with Crippen molar-refractivity contribution in [1.29, 1.82) is 0 Å². The minimum absolute atomic E-state index is 0.00116. The second-order valence-corrected chi connectivity index (χ2v) is 14.7. The Bertz CT molecular complexity index is 1880. The van der Waals surface area contributed by atoms with Crippen molar-refractivity contribution >= 4 is 30.4 Å². The highest BCUT2D eigenvalue weighted by Crippen LogP contribution is 2.52. The Kier molecular flexibility index (Phi) is 9.71. The maximum Gasteiger partial charge on any atom is 0.306 e. The van der Waals surface area contributed by atoms with Gasteiger partial charge in [-0.15, -0.1) is 0 Å². The van der Waals surface area contributed by atoms with Gasteiger partial charge in [-0.3, -0.25) is 0 Å². The van der Waals surface area contributed by atoms with E-state index in [2.05, 4.69) is 0 Å². The molecule has 0 bridgehead atoms. The monoisotopic (exact) mass is 668 g/mol. The Morgan fingerprint density at radius 3 is 1.84 bits per heavy atom. The molecule has 238 valence electrons. The van der Waals surface area contributed by atoms with Gasteiger partial charge in [0.25, 0.3) is 0 Å². The first-order valence-electron chi connectivity index (χ1n) is 13.1. The lowest BCUT2D eigenvalue weighted by molar-refractivity contribution is 0.224. The van der Waals surface area contributed by atoms with Crippen LogP contribution in [-0.4, -0.2) is 64.3 Å². The molecule has 0 aromatic heterocycles. The van der Waals surface area contributed by atoms with E-state index in [1.807, 2.05) is 12.2 Å². The molecule has 0 spiro atoms. The third-order valence-corrected chi connectivity index (χ3v) is 7.68. The fourth-order valence-electron chi connectivity index (χ4n) is 4.60. The molecular weight excluding hydrogens is 637 g/mol. The molecule has 0 aliphatic heterocycles. The Labute approximate surface area is 257 Å². The van der Waals surface area contributed by atoms with E-state index in [0.29, 0.717) is 11.1 Å². The van der Waals surface area contributed by atoms with Crippen LogP contribution in [0.2, 0.25) is 0 Å². The zero-order chi connectivity index (χ0) is 32.3. The molecule has 1 atom stereocenters. The van der Waals surface area contributed by atoms with Gasteiger partial charge < -0.3 is 26.8 Å². The van der Waals surface area contributed by atoms with E-state index in [9.17, 15) is 25.3 Å². The van der Waals surface area contributed by atoms with Gasteiger partial charge in [0.1, 0.15) is 17.6 Å². The summed E-state index contributed by atoms with van der Waals surface area (Å²) in [7, 11) is -9.21. The molecule has 0 fully saturated rings. The minimum Gasteiger partial charge on any atom is -0.496 e. The molecule has 0 radical (unpaired) electrons. The maximum absolute atomic E-state index is 12.5. The molecule has 3 aromatic rings. The number of ether oxygens (including phenoxy) is 3. The summed E-state index contributed by atoms with van der Waals surface area (Å²) >= 11 is 0. The quantitative estimate of drug-likeness (QED) is 0.196. The number of allylic oxidation sites excluding steroid dienone is 1. The van der Waals surface area contributed by atoms with Gasteiger partial charge in [-0.05, 0) is 66.8 Å². The Hall–Kier alpha value is -3.95. The predicted octanol–water partition coefficient (Wildman–Crippen LogP) is 4.54. The summed E-state index contributed by atoms with van der Waals surface area (Å²) in [6.45, 7) is 0. The lowest BCUT2D eigenvalue weighted by Gasteiger charge is -2.22. The second kappa shape index (κ2) is 13.0. The molecule has 0 saturated carbocycles. The predicted molar refractivity (Wildman–Crippen MR) is 164 cm³/mol. The molecular formula is C29H32O12S3. The lowest BCUT2D eigenvalue weighted by Crippen LogP contribution is -2.17. The molecule has 0 N–H and O–H groups in total. The van der Waals surface area contributed by atoms with Crippen molar-refractivity contribution in [3.63, 3.8) is 0 Å². The van der Waals surface area contributed by atoms with Crippen molar-refractivity contribution in [1.82, 2.24) is 0 Å². The molecule has 12 nitrogen and oxygen atoms in total. The molecule has 4 rings (SSSR count). The molecule has 1 aliphatic carbocycles. The summed E-state index contributed by atoms with van der Waals surface area (Å²) in [6.07, 6.45) is 8.83. The number of benzene rings is 3. The largest absolute Gasteiger partial charge is 0.496 e. The summed E-state index contributed by atoms with van der Waals surface area (Å²) < 4.78 is 105. The summed E-state index contributed by atoms with van der Waals surface area (Å²) in [5, 5.41) is 0. The van der Waals surface area contributed by atoms with Gasteiger partial charge in [-0.1, -0.05) is 24.3 Å². The van der Waals surface area contributed by atoms with E-state index in [4.69, 9.17) is 26.8 Å². The van der Waals surface area contributed by atoms with Gasteiger partial charge in [-0.2, -0.15) is 25.3 Å². The number of hydrogen-bond donors (Lipinski definition) is 0. The van der Waals surface area contributed by atoms with Crippen LogP contribution >= 0.6 is 0 Å². The van der Waals surface area contributed by atoms with Crippen molar-refractivity contribution < 1.29 is 52.0 Å². The van der Waals surface area contributed by atoms with Crippen LogP contribution in [0.4, 0.5) is 0 Å². The SMILES string of the molecule is COc1cc(-c2ccc(OS(C)(=O)=O)cc2)c(OC)c(OS(C)(=O)=O)c1-c1ccc(OC2C=CCCC2)c(OS(C)(=O)=O)c1. The van der Waals surface area contributed by atoms with E-state index in [1.54, 1.807) is 24.3 Å². The first kappa shape index (κ1) is 33.0. The third kappa shape index (κ3) is 8.57. The number of rotatable bonds is 12.